The second-order valence-electron chi connectivity index (χ2n) is 15.7. The number of nitriles is 1. The van der Waals surface area contributed by atoms with E-state index in [9.17, 15) is 24.4 Å². The minimum absolute atomic E-state index is 0.0513. The van der Waals surface area contributed by atoms with Gasteiger partial charge in [-0.25, -0.2) is 4.79 Å². The fourth-order valence-electron chi connectivity index (χ4n) is 9.13. The number of aryl methyl sites for hydroxylation is 2. The van der Waals surface area contributed by atoms with E-state index in [-0.39, 0.29) is 42.4 Å². The number of nitrogens with one attached hydrogen (secondary N) is 1. The third-order valence-electron chi connectivity index (χ3n) is 11.7. The topological polar surface area (TPSA) is 145 Å². The molecular formula is C40H49N7O5. The lowest BCUT2D eigenvalue weighted by Gasteiger charge is -2.39. The zero-order chi connectivity index (χ0) is 36.9. The summed E-state index contributed by atoms with van der Waals surface area (Å²) < 4.78 is 7.75. The average molecular weight is 708 g/mol. The van der Waals surface area contributed by atoms with Gasteiger partial charge in [0.1, 0.15) is 6.04 Å². The molecule has 12 nitrogen and oxygen atoms in total. The number of nitrogens with zero attached hydrogens (tertiary/aromatic N) is 6. The van der Waals surface area contributed by atoms with Crippen molar-refractivity contribution in [3.05, 3.63) is 86.2 Å². The van der Waals surface area contributed by atoms with Crippen LogP contribution in [0.5, 0.6) is 0 Å². The predicted octanol–water partition coefficient (Wildman–Crippen LogP) is 4.06. The highest BCUT2D eigenvalue weighted by molar-refractivity contribution is 5.95. The quantitative estimate of drug-likeness (QED) is 0.351. The van der Waals surface area contributed by atoms with Crippen molar-refractivity contribution < 1.29 is 18.9 Å². The van der Waals surface area contributed by atoms with Crippen LogP contribution in [0.2, 0.25) is 0 Å². The van der Waals surface area contributed by atoms with Gasteiger partial charge in [-0.05, 0) is 104 Å². The van der Waals surface area contributed by atoms with Crippen molar-refractivity contribution in [3.8, 4) is 6.07 Å². The Morgan fingerprint density at radius 2 is 1.56 bits per heavy atom. The molecule has 0 bridgehead atoms. The lowest BCUT2D eigenvalue weighted by molar-refractivity contribution is -0.131. The van der Waals surface area contributed by atoms with E-state index in [0.717, 1.165) is 67.2 Å². The first-order valence-corrected chi connectivity index (χ1v) is 18.7. The Kier molecular flexibility index (Phi) is 9.59. The van der Waals surface area contributed by atoms with E-state index in [2.05, 4.69) is 11.4 Å². The maximum absolute atomic E-state index is 13.6. The van der Waals surface area contributed by atoms with Gasteiger partial charge in [0.05, 0.1) is 24.1 Å². The summed E-state index contributed by atoms with van der Waals surface area (Å²) in [4.78, 5) is 63.0. The summed E-state index contributed by atoms with van der Waals surface area (Å²) >= 11 is 0. The highest BCUT2D eigenvalue weighted by atomic mass is 16.5. The van der Waals surface area contributed by atoms with E-state index < -0.39 is 17.2 Å². The molecule has 4 aliphatic rings. The van der Waals surface area contributed by atoms with Crippen molar-refractivity contribution in [3.63, 3.8) is 0 Å². The van der Waals surface area contributed by atoms with Gasteiger partial charge < -0.3 is 24.5 Å². The van der Waals surface area contributed by atoms with Gasteiger partial charge >= 0.3 is 5.76 Å². The molecule has 3 aliphatic carbocycles. The summed E-state index contributed by atoms with van der Waals surface area (Å²) in [6.07, 6.45) is 8.14. The Labute approximate surface area is 304 Å². The van der Waals surface area contributed by atoms with E-state index in [4.69, 9.17) is 9.51 Å². The predicted molar refractivity (Wildman–Crippen MR) is 194 cm³/mol. The van der Waals surface area contributed by atoms with Crippen LogP contribution >= 0.6 is 0 Å². The van der Waals surface area contributed by atoms with Crippen LogP contribution in [-0.2, 0) is 23.1 Å². The molecule has 1 aromatic heterocycles. The number of aromatic nitrogens is 2. The van der Waals surface area contributed by atoms with Gasteiger partial charge in [0.15, 0.2) is 5.82 Å². The van der Waals surface area contributed by atoms with E-state index in [0.29, 0.717) is 42.1 Å². The molecule has 3 amide bonds. The zero-order valence-electron chi connectivity index (χ0n) is 30.9. The Bertz CT molecular complexity index is 1910. The lowest BCUT2D eigenvalue weighted by Crippen LogP contribution is -2.47. The number of hydrogen-bond acceptors (Lipinski definition) is 8. The van der Waals surface area contributed by atoms with Gasteiger partial charge in [0, 0.05) is 51.4 Å². The molecule has 2 saturated carbocycles. The molecule has 12 heteroatoms. The summed E-state index contributed by atoms with van der Waals surface area (Å²) in [6.45, 7) is 2.10. The number of likely N-dealkylation sites (tertiary alicyclic amines) is 1. The number of fused-ring (bicyclic) bond motifs is 3. The van der Waals surface area contributed by atoms with Crippen LogP contribution in [-0.4, -0.2) is 95.0 Å². The van der Waals surface area contributed by atoms with Gasteiger partial charge in [-0.3, -0.25) is 14.4 Å². The van der Waals surface area contributed by atoms with Crippen molar-refractivity contribution in [1.29, 1.82) is 5.26 Å². The summed E-state index contributed by atoms with van der Waals surface area (Å²) in [5.41, 5.74) is 3.80. The molecule has 0 radical (unpaired) electrons. The summed E-state index contributed by atoms with van der Waals surface area (Å²) in [5, 5.41) is 13.2. The van der Waals surface area contributed by atoms with Gasteiger partial charge in [-0.15, -0.1) is 0 Å². The Morgan fingerprint density at radius 3 is 2.12 bits per heavy atom. The minimum Gasteiger partial charge on any atom is -0.345 e. The highest BCUT2D eigenvalue weighted by Gasteiger charge is 2.54. The molecule has 0 spiro atoms. The van der Waals surface area contributed by atoms with Crippen molar-refractivity contribution in [2.24, 2.45) is 5.92 Å². The van der Waals surface area contributed by atoms with Gasteiger partial charge in [-0.2, -0.15) is 15.0 Å². The molecular weight excluding hydrogens is 658 g/mol. The van der Waals surface area contributed by atoms with Crippen LogP contribution in [0.4, 0.5) is 0 Å². The van der Waals surface area contributed by atoms with E-state index in [1.807, 2.05) is 43.3 Å². The molecule has 274 valence electrons. The number of carbonyl (C=O) groups excluding carboxylic acids is 3. The average Bonchev–Trinajstić information content (AvgIpc) is 3.67. The smallest absolute Gasteiger partial charge is 0.345 e. The Balaban J connectivity index is 1.39. The minimum atomic E-state index is -1.05. The second-order valence-corrected chi connectivity index (χ2v) is 15.7. The van der Waals surface area contributed by atoms with Gasteiger partial charge in [-0.1, -0.05) is 31.4 Å². The summed E-state index contributed by atoms with van der Waals surface area (Å²) in [7, 11) is 6.92. The first-order chi connectivity index (χ1) is 24.9. The number of benzene rings is 2. The van der Waals surface area contributed by atoms with Crippen molar-refractivity contribution in [1.82, 2.24) is 29.7 Å². The first kappa shape index (κ1) is 35.6. The first-order valence-electron chi connectivity index (χ1n) is 18.7. The number of hydrogen-bond donors (Lipinski definition) is 1. The largest absolute Gasteiger partial charge is 0.459 e. The van der Waals surface area contributed by atoms with E-state index >= 15 is 0 Å². The van der Waals surface area contributed by atoms with E-state index in [1.165, 1.54) is 0 Å². The second kappa shape index (κ2) is 14.0. The van der Waals surface area contributed by atoms with Crippen molar-refractivity contribution in [2.75, 3.05) is 34.7 Å². The number of piperidine rings is 1. The molecule has 3 aromatic rings. The Morgan fingerprint density at radius 1 is 0.962 bits per heavy atom. The normalized spacial score (nSPS) is 22.3. The van der Waals surface area contributed by atoms with E-state index in [1.54, 1.807) is 47.6 Å². The highest BCUT2D eigenvalue weighted by Crippen LogP contribution is 2.50. The fraction of sp³-hybridized carbons (Fsp3) is 0.550. The third kappa shape index (κ3) is 6.33. The van der Waals surface area contributed by atoms with Crippen molar-refractivity contribution in [2.45, 2.75) is 101 Å². The van der Waals surface area contributed by atoms with Crippen LogP contribution in [0.25, 0.3) is 0 Å². The summed E-state index contributed by atoms with van der Waals surface area (Å²) in [6, 6.07) is 13.3. The van der Waals surface area contributed by atoms with Gasteiger partial charge in [0.2, 0.25) is 5.91 Å². The van der Waals surface area contributed by atoms with Crippen LogP contribution < -0.4 is 11.1 Å². The lowest BCUT2D eigenvalue weighted by atomic mass is 9.67. The molecule has 2 heterocycles. The summed E-state index contributed by atoms with van der Waals surface area (Å²) in [5.74, 6) is -0.0596. The van der Waals surface area contributed by atoms with Crippen molar-refractivity contribution >= 4 is 17.7 Å². The van der Waals surface area contributed by atoms with Crippen LogP contribution in [0.1, 0.15) is 113 Å². The third-order valence-corrected chi connectivity index (χ3v) is 11.7. The number of carbonyl (C=O) groups is 3. The monoisotopic (exact) mass is 707 g/mol. The molecule has 2 aromatic carbocycles. The molecule has 1 aliphatic heterocycles. The Hall–Kier alpha value is -4.76. The SMILES string of the molecule is C[C@@H](CC1(c2nc(=O)on2C2CCCCC2)c2ccc(C(=O)N(C)C)cc2CCc2cc(C(=O)N(C)C)ccc21)NCC(=O)N1C(C#N)C[C@@H]2C[C@@H]21. The molecule has 3 fully saturated rings. The van der Waals surface area contributed by atoms with Crippen LogP contribution in [0.3, 0.4) is 0 Å². The standard InChI is InChI=1S/C40H49N7O5/c1-24(42-23-35(48)46-31(22-41)19-29-20-34(29)46)21-40(38-43-39(51)52-47(38)30-9-7-6-8-10-30)32-15-13-27(36(49)44(2)3)17-25(32)11-12-26-18-28(14-16-33(26)40)37(50)45(4)5/h13-18,24,29-31,34,42H,6-12,19-21,23H2,1-5H3/t24-,29+,31?,34-/m0/s1. The molecule has 7 rings (SSSR count). The molecule has 52 heavy (non-hydrogen) atoms. The maximum Gasteiger partial charge on any atom is 0.459 e. The molecule has 1 N–H and O–H groups in total. The fourth-order valence-corrected chi connectivity index (χ4v) is 9.13. The zero-order valence-corrected chi connectivity index (χ0v) is 30.9. The number of amides is 3. The maximum atomic E-state index is 13.6. The molecule has 4 atom stereocenters. The van der Waals surface area contributed by atoms with Crippen LogP contribution in [0, 0.1) is 17.2 Å². The number of rotatable bonds is 9. The molecule has 1 unspecified atom stereocenters. The van der Waals surface area contributed by atoms with Crippen LogP contribution in [0.15, 0.2) is 45.7 Å². The molecule has 1 saturated heterocycles. The van der Waals surface area contributed by atoms with Gasteiger partial charge in [0.25, 0.3) is 11.8 Å².